The Morgan fingerprint density at radius 2 is 1.93 bits per heavy atom. The second kappa shape index (κ2) is 7.50. The molecule has 1 saturated heterocycles. The molecule has 27 heavy (non-hydrogen) atoms. The van der Waals surface area contributed by atoms with Crippen molar-refractivity contribution in [1.29, 1.82) is 0 Å². The molecule has 0 amide bonds. The van der Waals surface area contributed by atoms with Crippen molar-refractivity contribution < 1.29 is 9.84 Å². The lowest BCUT2D eigenvalue weighted by Gasteiger charge is -2.35. The third-order valence-electron chi connectivity index (χ3n) is 5.45. The monoisotopic (exact) mass is 391 g/mol. The van der Waals surface area contributed by atoms with Crippen LogP contribution in [0.1, 0.15) is 18.5 Å². The molecule has 4 rings (SSSR count). The fourth-order valence-corrected chi connectivity index (χ4v) is 4.48. The van der Waals surface area contributed by atoms with Gasteiger partial charge in [0.2, 0.25) is 0 Å². The van der Waals surface area contributed by atoms with Crippen molar-refractivity contribution in [3.05, 3.63) is 61.9 Å². The van der Waals surface area contributed by atoms with Crippen molar-refractivity contribution in [2.75, 3.05) is 13.1 Å². The van der Waals surface area contributed by atoms with Crippen LogP contribution >= 0.6 is 11.6 Å². The van der Waals surface area contributed by atoms with Gasteiger partial charge in [0, 0.05) is 36.4 Å². The van der Waals surface area contributed by atoms with Gasteiger partial charge < -0.3 is 14.8 Å². The number of hydrogen-bond donors (Lipinski definition) is 3. The Morgan fingerprint density at radius 1 is 1.15 bits per heavy atom. The standard InChI is InChI=1S/C19H22ClN3O4/c20-13-2-1-3-15(6-13)27-17-5-12-9-23(8-11(12)4-16(17)24)10-14-7-18(25)22-19(26)21-14/h1-3,6-7,11-12,16-17,24H,4-5,8-10H2,(H2,21,22,25,26)/t11-,12+,16+,17+/m0/s1. The second-order valence-electron chi connectivity index (χ2n) is 7.48. The van der Waals surface area contributed by atoms with Crippen LogP contribution in [0.2, 0.25) is 5.02 Å². The third-order valence-corrected chi connectivity index (χ3v) is 5.69. The highest BCUT2D eigenvalue weighted by Gasteiger charge is 2.42. The lowest BCUT2D eigenvalue weighted by Crippen LogP contribution is -2.42. The van der Waals surface area contributed by atoms with E-state index in [0.29, 0.717) is 41.3 Å². The van der Waals surface area contributed by atoms with E-state index in [2.05, 4.69) is 14.9 Å². The Balaban J connectivity index is 1.41. The van der Waals surface area contributed by atoms with Crippen LogP contribution in [0.4, 0.5) is 0 Å². The van der Waals surface area contributed by atoms with E-state index in [0.717, 1.165) is 19.5 Å². The fourth-order valence-electron chi connectivity index (χ4n) is 4.30. The SMILES string of the molecule is O=c1cc(CN2C[C@H]3C[C@@H](Oc4cccc(Cl)c4)[C@H](O)C[C@H]3C2)[nH]c(=O)[nH]1. The van der Waals surface area contributed by atoms with E-state index in [-0.39, 0.29) is 6.10 Å². The molecule has 0 radical (unpaired) electrons. The van der Waals surface area contributed by atoms with Crippen molar-refractivity contribution in [1.82, 2.24) is 14.9 Å². The van der Waals surface area contributed by atoms with Gasteiger partial charge in [-0.25, -0.2) is 4.79 Å². The maximum absolute atomic E-state index is 11.5. The van der Waals surface area contributed by atoms with E-state index < -0.39 is 17.4 Å². The minimum absolute atomic E-state index is 0.260. The van der Waals surface area contributed by atoms with Crippen molar-refractivity contribution in [2.24, 2.45) is 11.8 Å². The molecular weight excluding hydrogens is 370 g/mol. The maximum Gasteiger partial charge on any atom is 0.325 e. The van der Waals surface area contributed by atoms with Gasteiger partial charge in [0.1, 0.15) is 11.9 Å². The maximum atomic E-state index is 11.5. The number of nitrogens with zero attached hydrogens (tertiary/aromatic N) is 1. The Hall–Kier alpha value is -2.09. The summed E-state index contributed by atoms with van der Waals surface area (Å²) in [6, 6.07) is 8.63. The number of aromatic amines is 2. The topological polar surface area (TPSA) is 98.4 Å². The van der Waals surface area contributed by atoms with Crippen LogP contribution in [0.3, 0.4) is 0 Å². The first-order valence-corrected chi connectivity index (χ1v) is 9.49. The quantitative estimate of drug-likeness (QED) is 0.731. The summed E-state index contributed by atoms with van der Waals surface area (Å²) < 4.78 is 6.00. The van der Waals surface area contributed by atoms with Gasteiger partial charge in [-0.2, -0.15) is 0 Å². The number of fused-ring (bicyclic) bond motifs is 1. The zero-order valence-electron chi connectivity index (χ0n) is 14.7. The lowest BCUT2D eigenvalue weighted by molar-refractivity contribution is -0.0231. The van der Waals surface area contributed by atoms with Gasteiger partial charge in [-0.3, -0.25) is 14.7 Å². The van der Waals surface area contributed by atoms with E-state index >= 15 is 0 Å². The Morgan fingerprint density at radius 3 is 2.67 bits per heavy atom. The molecule has 1 aliphatic heterocycles. The number of benzene rings is 1. The van der Waals surface area contributed by atoms with Crippen molar-refractivity contribution in [3.8, 4) is 5.75 Å². The van der Waals surface area contributed by atoms with E-state index in [1.165, 1.54) is 6.07 Å². The normalized spacial score (nSPS) is 28.1. The molecule has 0 unspecified atom stereocenters. The van der Waals surface area contributed by atoms with E-state index in [1.54, 1.807) is 12.1 Å². The van der Waals surface area contributed by atoms with Crippen LogP contribution < -0.4 is 16.0 Å². The fraction of sp³-hybridized carbons (Fsp3) is 0.474. The Bertz CT molecular complexity index is 899. The Kier molecular flexibility index (Phi) is 5.08. The minimum atomic E-state index is -0.524. The average Bonchev–Trinajstić information content (AvgIpc) is 2.95. The molecule has 3 N–H and O–H groups in total. The molecule has 0 spiro atoms. The number of aliphatic hydroxyl groups excluding tert-OH is 1. The van der Waals surface area contributed by atoms with E-state index in [1.807, 2.05) is 12.1 Å². The number of nitrogens with one attached hydrogen (secondary N) is 2. The summed E-state index contributed by atoms with van der Waals surface area (Å²) in [5.74, 6) is 1.46. The molecule has 144 valence electrons. The summed E-state index contributed by atoms with van der Waals surface area (Å²) in [4.78, 5) is 30.0. The van der Waals surface area contributed by atoms with Crippen molar-refractivity contribution >= 4 is 11.6 Å². The molecule has 2 aromatic rings. The van der Waals surface area contributed by atoms with Gasteiger partial charge in [0.25, 0.3) is 5.56 Å². The van der Waals surface area contributed by atoms with Gasteiger partial charge >= 0.3 is 5.69 Å². The third kappa shape index (κ3) is 4.26. The average molecular weight is 392 g/mol. The molecule has 8 heteroatoms. The molecule has 1 aromatic heterocycles. The van der Waals surface area contributed by atoms with Gasteiger partial charge in [0.05, 0.1) is 6.10 Å². The summed E-state index contributed by atoms with van der Waals surface area (Å²) in [6.45, 7) is 2.20. The summed E-state index contributed by atoms with van der Waals surface area (Å²) in [5.41, 5.74) is -0.273. The Labute approximate surface area is 160 Å². The molecule has 1 saturated carbocycles. The molecule has 0 bridgehead atoms. The predicted octanol–water partition coefficient (Wildman–Crippen LogP) is 1.37. The molecule has 2 heterocycles. The van der Waals surface area contributed by atoms with E-state index in [4.69, 9.17) is 16.3 Å². The molecular formula is C19H22ClN3O4. The van der Waals surface area contributed by atoms with Crippen LogP contribution in [-0.4, -0.2) is 45.3 Å². The van der Waals surface area contributed by atoms with Gasteiger partial charge in [-0.1, -0.05) is 17.7 Å². The number of H-pyrrole nitrogens is 2. The number of aromatic nitrogens is 2. The molecule has 4 atom stereocenters. The molecule has 1 aromatic carbocycles. The van der Waals surface area contributed by atoms with Gasteiger partial charge in [-0.05, 0) is 42.9 Å². The number of ether oxygens (including phenoxy) is 1. The number of rotatable bonds is 4. The predicted molar refractivity (Wildman–Crippen MR) is 101 cm³/mol. The van der Waals surface area contributed by atoms with E-state index in [9.17, 15) is 14.7 Å². The highest BCUT2D eigenvalue weighted by molar-refractivity contribution is 6.30. The summed E-state index contributed by atoms with van der Waals surface area (Å²) >= 11 is 6.01. The highest BCUT2D eigenvalue weighted by atomic mass is 35.5. The van der Waals surface area contributed by atoms with Crippen molar-refractivity contribution in [3.63, 3.8) is 0 Å². The van der Waals surface area contributed by atoms with Crippen LogP contribution in [0.15, 0.2) is 39.9 Å². The van der Waals surface area contributed by atoms with Gasteiger partial charge in [0.15, 0.2) is 0 Å². The molecule has 1 aliphatic carbocycles. The van der Waals surface area contributed by atoms with Crippen molar-refractivity contribution in [2.45, 2.75) is 31.6 Å². The number of aliphatic hydroxyl groups is 1. The summed E-state index contributed by atoms with van der Waals surface area (Å²) in [5, 5.41) is 11.1. The zero-order valence-corrected chi connectivity index (χ0v) is 15.5. The minimum Gasteiger partial charge on any atom is -0.488 e. The summed E-state index contributed by atoms with van der Waals surface area (Å²) in [6.07, 6.45) is 0.660. The first kappa shape index (κ1) is 18.3. The number of halogens is 1. The summed E-state index contributed by atoms with van der Waals surface area (Å²) in [7, 11) is 0. The first-order valence-electron chi connectivity index (χ1n) is 9.11. The van der Waals surface area contributed by atoms with Gasteiger partial charge in [-0.15, -0.1) is 0 Å². The largest absolute Gasteiger partial charge is 0.488 e. The highest BCUT2D eigenvalue weighted by Crippen LogP contribution is 2.38. The second-order valence-corrected chi connectivity index (χ2v) is 7.92. The molecule has 2 fully saturated rings. The number of likely N-dealkylation sites (tertiary alicyclic amines) is 1. The molecule has 7 nitrogen and oxygen atoms in total. The number of hydrogen-bond acceptors (Lipinski definition) is 5. The smallest absolute Gasteiger partial charge is 0.325 e. The van der Waals surface area contributed by atoms with Crippen LogP contribution in [-0.2, 0) is 6.54 Å². The zero-order chi connectivity index (χ0) is 19.0. The molecule has 2 aliphatic rings. The van der Waals surface area contributed by atoms with Crippen LogP contribution in [0.5, 0.6) is 5.75 Å². The first-order chi connectivity index (χ1) is 13.0. The van der Waals surface area contributed by atoms with Crippen LogP contribution in [0.25, 0.3) is 0 Å². The van der Waals surface area contributed by atoms with Crippen LogP contribution in [0, 0.1) is 11.8 Å². The lowest BCUT2D eigenvalue weighted by atomic mass is 9.78.